The van der Waals surface area contributed by atoms with Crippen LogP contribution in [0.1, 0.15) is 16.5 Å². The molecule has 1 atom stereocenters. The van der Waals surface area contributed by atoms with Crippen molar-refractivity contribution >= 4 is 28.5 Å². The maximum absolute atomic E-state index is 10.3. The Bertz CT molecular complexity index is 679. The summed E-state index contributed by atoms with van der Waals surface area (Å²) in [6, 6.07) is 3.77. The number of halogens is 1. The van der Waals surface area contributed by atoms with Gasteiger partial charge in [0, 0.05) is 29.3 Å². The SMILES string of the molecule is OC(Cc1ccc(Cl)s1)c1cnn2ccncc12. The van der Waals surface area contributed by atoms with Crippen LogP contribution in [-0.4, -0.2) is 19.7 Å². The van der Waals surface area contributed by atoms with E-state index in [1.807, 2.05) is 12.1 Å². The first kappa shape index (κ1) is 11.6. The zero-order valence-electron chi connectivity index (χ0n) is 9.32. The van der Waals surface area contributed by atoms with Crippen LogP contribution in [0.15, 0.2) is 36.9 Å². The van der Waals surface area contributed by atoms with Crippen molar-refractivity contribution in [1.82, 2.24) is 14.6 Å². The third-order valence-corrected chi connectivity index (χ3v) is 3.99. The van der Waals surface area contributed by atoms with Crippen molar-refractivity contribution in [3.8, 4) is 0 Å². The van der Waals surface area contributed by atoms with Crippen molar-refractivity contribution in [1.29, 1.82) is 0 Å². The molecule has 3 heterocycles. The summed E-state index contributed by atoms with van der Waals surface area (Å²) < 4.78 is 2.44. The molecule has 4 nitrogen and oxygen atoms in total. The second-order valence-electron chi connectivity index (χ2n) is 3.93. The first-order chi connectivity index (χ1) is 8.74. The van der Waals surface area contributed by atoms with E-state index in [-0.39, 0.29) is 0 Å². The van der Waals surface area contributed by atoms with Crippen molar-refractivity contribution in [2.75, 3.05) is 0 Å². The predicted molar refractivity (Wildman–Crippen MR) is 71.0 cm³/mol. The van der Waals surface area contributed by atoms with Crippen LogP contribution in [0.4, 0.5) is 0 Å². The van der Waals surface area contributed by atoms with Crippen molar-refractivity contribution in [2.24, 2.45) is 0 Å². The van der Waals surface area contributed by atoms with E-state index in [0.717, 1.165) is 20.3 Å². The van der Waals surface area contributed by atoms with Gasteiger partial charge in [-0.1, -0.05) is 11.6 Å². The van der Waals surface area contributed by atoms with E-state index in [4.69, 9.17) is 11.6 Å². The third-order valence-electron chi connectivity index (χ3n) is 2.74. The summed E-state index contributed by atoms with van der Waals surface area (Å²) in [7, 11) is 0. The standard InChI is InChI=1S/C12H10ClN3OS/c13-12-2-1-8(18-12)5-11(17)9-6-15-16-4-3-14-7-10(9)16/h1-4,6-7,11,17H,5H2. The Morgan fingerprint density at radius 3 is 3.06 bits per heavy atom. The molecule has 3 rings (SSSR count). The molecule has 3 aromatic heterocycles. The molecule has 92 valence electrons. The topological polar surface area (TPSA) is 50.4 Å². The lowest BCUT2D eigenvalue weighted by Gasteiger charge is -2.07. The van der Waals surface area contributed by atoms with E-state index in [1.54, 1.807) is 29.3 Å². The van der Waals surface area contributed by atoms with Crippen molar-refractivity contribution in [2.45, 2.75) is 12.5 Å². The summed E-state index contributed by atoms with van der Waals surface area (Å²) in [5.74, 6) is 0. The molecule has 0 spiro atoms. The van der Waals surface area contributed by atoms with Gasteiger partial charge in [0.2, 0.25) is 0 Å². The number of hydrogen-bond acceptors (Lipinski definition) is 4. The van der Waals surface area contributed by atoms with Crippen LogP contribution < -0.4 is 0 Å². The smallest absolute Gasteiger partial charge is 0.0931 e. The molecule has 0 bridgehead atoms. The summed E-state index contributed by atoms with van der Waals surface area (Å²) in [5, 5.41) is 14.4. The molecule has 6 heteroatoms. The number of hydrogen-bond donors (Lipinski definition) is 1. The van der Waals surface area contributed by atoms with Crippen LogP contribution >= 0.6 is 22.9 Å². The van der Waals surface area contributed by atoms with E-state index in [2.05, 4.69) is 10.1 Å². The van der Waals surface area contributed by atoms with Crippen LogP contribution in [0.3, 0.4) is 0 Å². The molecule has 0 saturated heterocycles. The summed E-state index contributed by atoms with van der Waals surface area (Å²) in [5.41, 5.74) is 1.61. The monoisotopic (exact) mass is 279 g/mol. The number of aromatic nitrogens is 3. The van der Waals surface area contributed by atoms with Crippen LogP contribution in [0.25, 0.3) is 5.52 Å². The van der Waals surface area contributed by atoms with Gasteiger partial charge >= 0.3 is 0 Å². The van der Waals surface area contributed by atoms with E-state index in [0.29, 0.717) is 6.42 Å². The Morgan fingerprint density at radius 1 is 1.39 bits per heavy atom. The highest BCUT2D eigenvalue weighted by Crippen LogP contribution is 2.27. The molecule has 1 unspecified atom stereocenters. The Balaban J connectivity index is 1.90. The molecule has 0 amide bonds. The minimum atomic E-state index is -0.596. The van der Waals surface area contributed by atoms with E-state index >= 15 is 0 Å². The Morgan fingerprint density at radius 2 is 2.28 bits per heavy atom. The van der Waals surface area contributed by atoms with Gasteiger partial charge in [-0.05, 0) is 12.1 Å². The fraction of sp³-hybridized carbons (Fsp3) is 0.167. The average molecular weight is 280 g/mol. The second-order valence-corrected chi connectivity index (χ2v) is 5.73. The lowest BCUT2D eigenvalue weighted by atomic mass is 10.1. The first-order valence-corrected chi connectivity index (χ1v) is 6.63. The summed E-state index contributed by atoms with van der Waals surface area (Å²) >= 11 is 7.36. The van der Waals surface area contributed by atoms with Gasteiger partial charge in [-0.25, -0.2) is 4.52 Å². The van der Waals surface area contributed by atoms with E-state index in [1.165, 1.54) is 11.3 Å². The maximum Gasteiger partial charge on any atom is 0.0931 e. The molecule has 0 aliphatic heterocycles. The zero-order chi connectivity index (χ0) is 12.5. The van der Waals surface area contributed by atoms with Gasteiger partial charge in [0.25, 0.3) is 0 Å². The van der Waals surface area contributed by atoms with Gasteiger partial charge in [0.1, 0.15) is 0 Å². The number of thiophene rings is 1. The largest absolute Gasteiger partial charge is 0.388 e. The third kappa shape index (κ3) is 2.12. The first-order valence-electron chi connectivity index (χ1n) is 5.43. The number of aliphatic hydroxyl groups is 1. The van der Waals surface area contributed by atoms with Gasteiger partial charge in [-0.15, -0.1) is 11.3 Å². The van der Waals surface area contributed by atoms with Crippen LogP contribution in [0.2, 0.25) is 4.34 Å². The fourth-order valence-corrected chi connectivity index (χ4v) is 3.00. The highest BCUT2D eigenvalue weighted by molar-refractivity contribution is 7.16. The molecular formula is C12H10ClN3OS. The Kier molecular flexibility index (Phi) is 3.03. The molecule has 18 heavy (non-hydrogen) atoms. The molecule has 0 aliphatic carbocycles. The predicted octanol–water partition coefficient (Wildman–Crippen LogP) is 2.72. The quantitative estimate of drug-likeness (QED) is 0.802. The molecule has 0 saturated carbocycles. The molecule has 0 fully saturated rings. The van der Waals surface area contributed by atoms with Gasteiger partial charge < -0.3 is 5.11 Å². The van der Waals surface area contributed by atoms with Crippen LogP contribution in [0, 0.1) is 0 Å². The number of nitrogens with zero attached hydrogens (tertiary/aromatic N) is 3. The highest BCUT2D eigenvalue weighted by atomic mass is 35.5. The molecule has 3 aromatic rings. The van der Waals surface area contributed by atoms with Gasteiger partial charge in [-0.2, -0.15) is 5.10 Å². The fourth-order valence-electron chi connectivity index (χ4n) is 1.87. The number of fused-ring (bicyclic) bond motifs is 1. The van der Waals surface area contributed by atoms with Gasteiger partial charge in [-0.3, -0.25) is 4.98 Å². The average Bonchev–Trinajstić information content (AvgIpc) is 2.95. The van der Waals surface area contributed by atoms with E-state index in [9.17, 15) is 5.11 Å². The second kappa shape index (κ2) is 4.68. The van der Waals surface area contributed by atoms with Crippen LogP contribution in [-0.2, 0) is 6.42 Å². The van der Waals surface area contributed by atoms with Crippen LogP contribution in [0.5, 0.6) is 0 Å². The Labute approximate surface area is 112 Å². The van der Waals surface area contributed by atoms with Gasteiger partial charge in [0.15, 0.2) is 0 Å². The Hall–Kier alpha value is -1.43. The molecule has 0 radical (unpaired) electrons. The molecule has 0 aromatic carbocycles. The lowest BCUT2D eigenvalue weighted by molar-refractivity contribution is 0.181. The minimum Gasteiger partial charge on any atom is -0.388 e. The van der Waals surface area contributed by atoms with Crippen molar-refractivity contribution in [3.05, 3.63) is 51.7 Å². The molecule has 0 aliphatic rings. The molecule has 1 N–H and O–H groups in total. The normalized spacial score (nSPS) is 13.0. The zero-order valence-corrected chi connectivity index (χ0v) is 10.9. The number of aliphatic hydroxyl groups excluding tert-OH is 1. The van der Waals surface area contributed by atoms with Crippen molar-refractivity contribution < 1.29 is 5.11 Å². The summed E-state index contributed by atoms with van der Waals surface area (Å²) in [6.45, 7) is 0. The van der Waals surface area contributed by atoms with Crippen molar-refractivity contribution in [3.63, 3.8) is 0 Å². The lowest BCUT2D eigenvalue weighted by Crippen LogP contribution is -2.00. The molecular weight excluding hydrogens is 270 g/mol. The van der Waals surface area contributed by atoms with Gasteiger partial charge in [0.05, 0.1) is 28.4 Å². The highest BCUT2D eigenvalue weighted by Gasteiger charge is 2.15. The summed E-state index contributed by atoms with van der Waals surface area (Å²) in [6.07, 6.45) is 6.74. The maximum atomic E-state index is 10.3. The number of rotatable bonds is 3. The minimum absolute atomic E-state index is 0.535. The summed E-state index contributed by atoms with van der Waals surface area (Å²) in [4.78, 5) is 5.10. The van der Waals surface area contributed by atoms with E-state index < -0.39 is 6.10 Å².